The molecule has 0 saturated carbocycles. The summed E-state index contributed by atoms with van der Waals surface area (Å²) in [4.78, 5) is 28.2. The highest BCUT2D eigenvalue weighted by molar-refractivity contribution is 5.94. The predicted octanol–water partition coefficient (Wildman–Crippen LogP) is 3.25. The number of hydrogen-bond acceptors (Lipinski definition) is 4. The molecule has 1 amide bonds. The molecular formula is C17H15N3O3. The molecule has 23 heavy (non-hydrogen) atoms. The van der Waals surface area contributed by atoms with Gasteiger partial charge in [-0.3, -0.25) is 19.9 Å². The standard InChI is InChI=1S/C17H15N3O3/c1-12(21)19-9-8-13-10-15(6-7-16(13)19)18-11-14-4-2-3-5-17(14)20(22)23/h2-7,10-11H,8-9H2,1H3. The number of anilines is 1. The monoisotopic (exact) mass is 309 g/mol. The second-order valence-corrected chi connectivity index (χ2v) is 5.31. The number of aliphatic imine (C=N–C) groups is 1. The van der Waals surface area contributed by atoms with Gasteiger partial charge in [-0.05, 0) is 36.2 Å². The first kappa shape index (κ1) is 14.9. The van der Waals surface area contributed by atoms with Gasteiger partial charge in [0.1, 0.15) is 0 Å². The van der Waals surface area contributed by atoms with Crippen LogP contribution in [0.5, 0.6) is 0 Å². The van der Waals surface area contributed by atoms with Gasteiger partial charge < -0.3 is 4.90 Å². The highest BCUT2D eigenvalue weighted by atomic mass is 16.6. The topological polar surface area (TPSA) is 75.8 Å². The Morgan fingerprint density at radius 2 is 2.09 bits per heavy atom. The molecule has 0 radical (unpaired) electrons. The summed E-state index contributed by atoms with van der Waals surface area (Å²) >= 11 is 0. The maximum absolute atomic E-state index is 11.5. The third-order valence-electron chi connectivity index (χ3n) is 3.82. The average Bonchev–Trinajstić information content (AvgIpc) is 2.96. The lowest BCUT2D eigenvalue weighted by Crippen LogP contribution is -2.25. The third-order valence-corrected chi connectivity index (χ3v) is 3.82. The minimum Gasteiger partial charge on any atom is -0.312 e. The van der Waals surface area contributed by atoms with Crippen molar-refractivity contribution in [2.24, 2.45) is 4.99 Å². The average molecular weight is 309 g/mol. The van der Waals surface area contributed by atoms with Gasteiger partial charge in [-0.25, -0.2) is 0 Å². The first-order chi connectivity index (χ1) is 11.1. The Hall–Kier alpha value is -3.02. The third kappa shape index (κ3) is 2.96. The van der Waals surface area contributed by atoms with Crippen molar-refractivity contribution in [3.63, 3.8) is 0 Å². The minimum atomic E-state index is -0.422. The van der Waals surface area contributed by atoms with Gasteiger partial charge in [0.05, 0.1) is 16.2 Å². The smallest absolute Gasteiger partial charge is 0.278 e. The summed E-state index contributed by atoms with van der Waals surface area (Å²) in [6.45, 7) is 2.23. The normalized spacial score (nSPS) is 13.3. The molecule has 0 unspecified atom stereocenters. The van der Waals surface area contributed by atoms with E-state index >= 15 is 0 Å². The van der Waals surface area contributed by atoms with E-state index in [1.165, 1.54) is 12.3 Å². The summed E-state index contributed by atoms with van der Waals surface area (Å²) < 4.78 is 0. The van der Waals surface area contributed by atoms with Crippen LogP contribution in [0.4, 0.5) is 17.1 Å². The molecule has 0 saturated heterocycles. The van der Waals surface area contributed by atoms with E-state index in [9.17, 15) is 14.9 Å². The van der Waals surface area contributed by atoms with Crippen LogP contribution in [0.25, 0.3) is 0 Å². The second-order valence-electron chi connectivity index (χ2n) is 5.31. The largest absolute Gasteiger partial charge is 0.312 e. The van der Waals surface area contributed by atoms with Gasteiger partial charge in [0, 0.05) is 31.4 Å². The number of rotatable bonds is 3. The quantitative estimate of drug-likeness (QED) is 0.496. The number of para-hydroxylation sites is 1. The molecule has 0 spiro atoms. The zero-order valence-electron chi connectivity index (χ0n) is 12.6. The lowest BCUT2D eigenvalue weighted by molar-refractivity contribution is -0.385. The number of carbonyl (C=O) groups excluding carboxylic acids is 1. The summed E-state index contributed by atoms with van der Waals surface area (Å²) in [6, 6.07) is 12.1. The van der Waals surface area contributed by atoms with Crippen LogP contribution in [0, 0.1) is 10.1 Å². The number of carbonyl (C=O) groups is 1. The summed E-state index contributed by atoms with van der Waals surface area (Å²) in [6.07, 6.45) is 2.29. The van der Waals surface area contributed by atoms with Crippen molar-refractivity contribution in [2.75, 3.05) is 11.4 Å². The number of benzene rings is 2. The fourth-order valence-electron chi connectivity index (χ4n) is 2.70. The minimum absolute atomic E-state index is 0.0277. The number of hydrogen-bond donors (Lipinski definition) is 0. The van der Waals surface area contributed by atoms with Crippen LogP contribution in [0.1, 0.15) is 18.1 Å². The molecule has 0 aliphatic carbocycles. The SMILES string of the molecule is CC(=O)N1CCc2cc(N=Cc3ccccc3[N+](=O)[O-])ccc21. The van der Waals surface area contributed by atoms with Crippen LogP contribution < -0.4 is 4.90 Å². The second kappa shape index (κ2) is 6.00. The summed E-state index contributed by atoms with van der Waals surface area (Å²) in [5.74, 6) is 0.0277. The Morgan fingerprint density at radius 3 is 2.83 bits per heavy atom. The Morgan fingerprint density at radius 1 is 1.30 bits per heavy atom. The molecule has 3 rings (SSSR count). The van der Waals surface area contributed by atoms with Crippen molar-refractivity contribution in [3.8, 4) is 0 Å². The lowest BCUT2D eigenvalue weighted by atomic mass is 10.1. The number of nitro groups is 1. The number of amides is 1. The van der Waals surface area contributed by atoms with Gasteiger partial charge in [0.25, 0.3) is 5.69 Å². The van der Waals surface area contributed by atoms with E-state index < -0.39 is 4.92 Å². The number of fused-ring (bicyclic) bond motifs is 1. The fourth-order valence-corrected chi connectivity index (χ4v) is 2.70. The van der Waals surface area contributed by atoms with Crippen LogP contribution in [0.3, 0.4) is 0 Å². The Bertz CT molecular complexity index is 814. The van der Waals surface area contributed by atoms with Crippen LogP contribution >= 0.6 is 0 Å². The maximum Gasteiger partial charge on any atom is 0.278 e. The van der Waals surface area contributed by atoms with Gasteiger partial charge in [-0.2, -0.15) is 0 Å². The Balaban J connectivity index is 1.88. The zero-order chi connectivity index (χ0) is 16.4. The van der Waals surface area contributed by atoms with Crippen LogP contribution in [0.15, 0.2) is 47.5 Å². The molecule has 2 aromatic carbocycles. The van der Waals surface area contributed by atoms with E-state index in [1.54, 1.807) is 30.0 Å². The van der Waals surface area contributed by atoms with E-state index in [0.717, 1.165) is 17.7 Å². The molecule has 1 aliphatic heterocycles. The van der Waals surface area contributed by atoms with Crippen LogP contribution in [0.2, 0.25) is 0 Å². The van der Waals surface area contributed by atoms with E-state index in [-0.39, 0.29) is 11.6 Å². The first-order valence-corrected chi connectivity index (χ1v) is 7.25. The number of nitrogens with zero attached hydrogens (tertiary/aromatic N) is 3. The van der Waals surface area contributed by atoms with Gasteiger partial charge in [0.2, 0.25) is 5.91 Å². The van der Waals surface area contributed by atoms with E-state index in [2.05, 4.69) is 4.99 Å². The maximum atomic E-state index is 11.5. The van der Waals surface area contributed by atoms with Crippen LogP contribution in [-0.2, 0) is 11.2 Å². The molecule has 6 heteroatoms. The Kier molecular flexibility index (Phi) is 3.89. The summed E-state index contributed by atoms with van der Waals surface area (Å²) in [7, 11) is 0. The highest BCUT2D eigenvalue weighted by Gasteiger charge is 2.21. The van der Waals surface area contributed by atoms with E-state index in [1.807, 2.05) is 18.2 Å². The van der Waals surface area contributed by atoms with Gasteiger partial charge in [-0.1, -0.05) is 12.1 Å². The molecule has 1 heterocycles. The molecule has 0 fully saturated rings. The van der Waals surface area contributed by atoms with Gasteiger partial charge in [0.15, 0.2) is 0 Å². The molecule has 2 aromatic rings. The zero-order valence-corrected chi connectivity index (χ0v) is 12.6. The molecule has 0 atom stereocenters. The van der Waals surface area contributed by atoms with E-state index in [4.69, 9.17) is 0 Å². The van der Waals surface area contributed by atoms with Crippen molar-refractivity contribution in [1.29, 1.82) is 0 Å². The first-order valence-electron chi connectivity index (χ1n) is 7.25. The molecular weight excluding hydrogens is 294 g/mol. The molecule has 0 bridgehead atoms. The molecule has 116 valence electrons. The summed E-state index contributed by atoms with van der Waals surface area (Å²) in [5.41, 5.74) is 3.19. The van der Waals surface area contributed by atoms with Crippen molar-refractivity contribution in [2.45, 2.75) is 13.3 Å². The molecule has 6 nitrogen and oxygen atoms in total. The number of nitro benzene ring substituents is 1. The van der Waals surface area contributed by atoms with Crippen molar-refractivity contribution in [3.05, 3.63) is 63.7 Å². The van der Waals surface area contributed by atoms with Crippen molar-refractivity contribution < 1.29 is 9.72 Å². The van der Waals surface area contributed by atoms with Gasteiger partial charge in [-0.15, -0.1) is 0 Å². The Labute approximate surface area is 133 Å². The van der Waals surface area contributed by atoms with Crippen molar-refractivity contribution in [1.82, 2.24) is 0 Å². The van der Waals surface area contributed by atoms with E-state index in [0.29, 0.717) is 17.8 Å². The van der Waals surface area contributed by atoms with Crippen molar-refractivity contribution >= 4 is 29.2 Å². The molecule has 0 N–H and O–H groups in total. The predicted molar refractivity (Wildman–Crippen MR) is 88.5 cm³/mol. The lowest BCUT2D eigenvalue weighted by Gasteiger charge is -2.14. The molecule has 1 aliphatic rings. The van der Waals surface area contributed by atoms with Crippen LogP contribution in [-0.4, -0.2) is 23.6 Å². The highest BCUT2D eigenvalue weighted by Crippen LogP contribution is 2.31. The summed E-state index contributed by atoms with van der Waals surface area (Å²) in [5, 5.41) is 11.0. The molecule has 0 aromatic heterocycles. The van der Waals surface area contributed by atoms with Gasteiger partial charge >= 0.3 is 0 Å². The fraction of sp³-hybridized carbons (Fsp3) is 0.176.